The Kier molecular flexibility index (Phi) is 9.00. The highest BCUT2D eigenvalue weighted by molar-refractivity contribution is 7.32. The highest BCUT2D eigenvalue weighted by Gasteiger charge is 2.35. The second-order valence-corrected chi connectivity index (χ2v) is 9.79. The molecular formula is C22H24F4N3O4PS. The predicted octanol–water partition coefficient (Wildman–Crippen LogP) is 5.34. The molecule has 1 aromatic heterocycles. The monoisotopic (exact) mass is 533 g/mol. The van der Waals surface area contributed by atoms with Crippen LogP contribution in [0.3, 0.4) is 0 Å². The molecule has 2 atom stereocenters. The Hall–Kier alpha value is -2.37. The van der Waals surface area contributed by atoms with Crippen LogP contribution in [0, 0.1) is 5.82 Å². The fraction of sp³-hybridized carbons (Fsp3) is 0.364. The van der Waals surface area contributed by atoms with Gasteiger partial charge < -0.3 is 19.9 Å². The number of nitrogens with zero attached hydrogens (tertiary/aromatic N) is 2. The van der Waals surface area contributed by atoms with Gasteiger partial charge in [0.1, 0.15) is 21.6 Å². The number of ether oxygens (including phenoxy) is 1. The van der Waals surface area contributed by atoms with E-state index in [0.717, 1.165) is 17.4 Å². The van der Waals surface area contributed by atoms with Gasteiger partial charge in [0.2, 0.25) is 0 Å². The summed E-state index contributed by atoms with van der Waals surface area (Å²) in [6, 6.07) is 9.94. The lowest BCUT2D eigenvalue weighted by atomic mass is 10.1. The van der Waals surface area contributed by atoms with E-state index in [1.807, 2.05) is 0 Å². The molecule has 0 aliphatic heterocycles. The van der Waals surface area contributed by atoms with Crippen molar-refractivity contribution in [2.45, 2.75) is 37.9 Å². The molecule has 0 amide bonds. The van der Waals surface area contributed by atoms with E-state index in [4.69, 9.17) is 15.4 Å². The fourth-order valence-corrected chi connectivity index (χ4v) is 4.46. The van der Waals surface area contributed by atoms with Crippen molar-refractivity contribution in [3.63, 3.8) is 0 Å². The normalized spacial score (nSPS) is 14.5. The summed E-state index contributed by atoms with van der Waals surface area (Å²) in [5, 5.41) is 8.25. The smallest absolute Gasteiger partial charge is 0.419 e. The van der Waals surface area contributed by atoms with Crippen molar-refractivity contribution in [1.82, 2.24) is 10.2 Å². The lowest BCUT2D eigenvalue weighted by molar-refractivity contribution is -0.138. The minimum atomic E-state index is -4.67. The molecule has 1 heterocycles. The molecule has 2 aromatic carbocycles. The summed E-state index contributed by atoms with van der Waals surface area (Å²) in [5.41, 5.74) is 4.56. The zero-order valence-electron chi connectivity index (χ0n) is 18.6. The fourth-order valence-electron chi connectivity index (χ4n) is 3.16. The van der Waals surface area contributed by atoms with E-state index in [0.29, 0.717) is 24.8 Å². The number of benzene rings is 2. The maximum Gasteiger partial charge on any atom is 0.419 e. The lowest BCUT2D eigenvalue weighted by Crippen LogP contribution is -2.37. The molecule has 0 bridgehead atoms. The number of rotatable bonds is 11. The minimum absolute atomic E-state index is 0.0410. The average molecular weight is 533 g/mol. The van der Waals surface area contributed by atoms with E-state index in [1.54, 1.807) is 18.2 Å². The third-order valence-corrected chi connectivity index (χ3v) is 6.64. The van der Waals surface area contributed by atoms with Crippen LogP contribution in [0.1, 0.15) is 35.9 Å². The first-order valence-corrected chi connectivity index (χ1v) is 12.6. The zero-order chi connectivity index (χ0) is 25.6. The molecule has 0 aliphatic carbocycles. The molecule has 13 heteroatoms. The Labute approximate surface area is 203 Å². The van der Waals surface area contributed by atoms with Crippen LogP contribution in [0.2, 0.25) is 0 Å². The Bertz CT molecular complexity index is 1170. The van der Waals surface area contributed by atoms with Crippen LogP contribution in [0.4, 0.5) is 17.6 Å². The van der Waals surface area contributed by atoms with Crippen molar-refractivity contribution < 1.29 is 36.3 Å². The molecule has 1 unspecified atom stereocenters. The molecule has 7 nitrogen and oxygen atoms in total. The van der Waals surface area contributed by atoms with E-state index in [2.05, 4.69) is 14.7 Å². The topological polar surface area (TPSA) is 108 Å². The molecule has 3 rings (SSSR count). The van der Waals surface area contributed by atoms with Crippen molar-refractivity contribution in [2.24, 2.45) is 5.73 Å². The molecule has 0 saturated carbocycles. The Morgan fingerprint density at radius 1 is 1.14 bits per heavy atom. The van der Waals surface area contributed by atoms with Crippen molar-refractivity contribution in [3.8, 4) is 16.3 Å². The van der Waals surface area contributed by atoms with Gasteiger partial charge in [0.25, 0.3) is 0 Å². The molecule has 3 N–H and O–H groups in total. The minimum Gasteiger partial charge on any atom is -0.493 e. The summed E-state index contributed by atoms with van der Waals surface area (Å²) in [5.74, 6) is -0.628. The van der Waals surface area contributed by atoms with Gasteiger partial charge in [0.05, 0.1) is 24.3 Å². The van der Waals surface area contributed by atoms with E-state index >= 15 is 0 Å². The van der Waals surface area contributed by atoms with Gasteiger partial charge in [0, 0.05) is 5.56 Å². The van der Waals surface area contributed by atoms with Gasteiger partial charge in [-0.3, -0.25) is 4.57 Å². The Morgan fingerprint density at radius 2 is 1.89 bits per heavy atom. The second kappa shape index (κ2) is 11.6. The number of alkyl halides is 3. The summed E-state index contributed by atoms with van der Waals surface area (Å²) in [6.07, 6.45) is -3.21. The molecule has 0 saturated heterocycles. The lowest BCUT2D eigenvalue weighted by Gasteiger charge is -2.19. The van der Waals surface area contributed by atoms with E-state index in [9.17, 15) is 22.1 Å². The largest absolute Gasteiger partial charge is 0.493 e. The molecule has 0 spiro atoms. The van der Waals surface area contributed by atoms with Crippen molar-refractivity contribution in [2.75, 3.05) is 13.2 Å². The summed E-state index contributed by atoms with van der Waals surface area (Å²) >= 11 is 0.955. The summed E-state index contributed by atoms with van der Waals surface area (Å²) in [7, 11) is -3.20. The molecule has 190 valence electrons. The third-order valence-electron chi connectivity index (χ3n) is 5.00. The van der Waals surface area contributed by atoms with Crippen LogP contribution in [-0.4, -0.2) is 28.3 Å². The van der Waals surface area contributed by atoms with Crippen LogP contribution >= 0.6 is 19.6 Å². The second-order valence-electron chi connectivity index (χ2n) is 7.99. The molecule has 0 aliphatic rings. The number of hydrogen-bond acceptors (Lipinski definition) is 7. The van der Waals surface area contributed by atoms with Gasteiger partial charge in [-0.1, -0.05) is 29.5 Å². The highest BCUT2D eigenvalue weighted by Crippen LogP contribution is 2.40. The van der Waals surface area contributed by atoms with Crippen molar-refractivity contribution in [1.29, 1.82) is 0 Å². The first-order chi connectivity index (χ1) is 16.5. The quantitative estimate of drug-likeness (QED) is 0.195. The van der Waals surface area contributed by atoms with E-state index < -0.39 is 25.5 Å². The first-order valence-electron chi connectivity index (χ1n) is 10.5. The average Bonchev–Trinajstić information content (AvgIpc) is 3.29. The number of aryl methyl sites for hydroxylation is 1. The van der Waals surface area contributed by atoms with Crippen LogP contribution in [0.25, 0.3) is 10.6 Å². The number of nitrogens with two attached hydrogens (primary N) is 1. The van der Waals surface area contributed by atoms with Crippen LogP contribution in [0.5, 0.6) is 5.75 Å². The van der Waals surface area contributed by atoms with Crippen LogP contribution < -0.4 is 10.5 Å². The molecule has 0 fully saturated rings. The summed E-state index contributed by atoms with van der Waals surface area (Å²) in [4.78, 5) is 8.84. The van der Waals surface area contributed by atoms with E-state index in [1.165, 1.54) is 25.1 Å². The molecular weight excluding hydrogens is 509 g/mol. The van der Waals surface area contributed by atoms with Gasteiger partial charge in [-0.05, 0) is 56.0 Å². The standard InChI is InChI=1S/C22H24F4N3O4PS/c1-21(27,13-33-34(30)31)20-29-28-19(35-20)15-9-10-18(16(12-15)22(24,25)26)32-11-5-4-7-14-6-2-3-8-17(14)23/h2-3,6,8-10,12,34H,4-5,7,11,13,27H2,1H3,(H,30,31)/t21-/m0/s1. The van der Waals surface area contributed by atoms with Crippen LogP contribution in [0.15, 0.2) is 42.5 Å². The highest BCUT2D eigenvalue weighted by atomic mass is 32.1. The molecule has 35 heavy (non-hydrogen) atoms. The first kappa shape index (κ1) is 27.2. The number of aromatic nitrogens is 2. The molecule has 3 aromatic rings. The Balaban J connectivity index is 1.68. The van der Waals surface area contributed by atoms with Crippen LogP contribution in [-0.2, 0) is 27.2 Å². The third kappa shape index (κ3) is 7.55. The Morgan fingerprint density at radius 3 is 2.57 bits per heavy atom. The van der Waals surface area contributed by atoms with Gasteiger partial charge in [-0.2, -0.15) is 13.2 Å². The molecule has 0 radical (unpaired) electrons. The van der Waals surface area contributed by atoms with E-state index in [-0.39, 0.29) is 40.4 Å². The number of unbranched alkanes of at least 4 members (excludes halogenated alkanes) is 1. The van der Waals surface area contributed by atoms with Crippen molar-refractivity contribution >= 4 is 19.6 Å². The van der Waals surface area contributed by atoms with Crippen molar-refractivity contribution in [3.05, 3.63) is 64.4 Å². The number of halogens is 4. The number of hydrogen-bond donors (Lipinski definition) is 2. The summed E-state index contributed by atoms with van der Waals surface area (Å²) < 4.78 is 75.7. The predicted molar refractivity (Wildman–Crippen MR) is 124 cm³/mol. The SMILES string of the molecule is C[C@](N)(CO[PH](=O)O)c1nnc(-c2ccc(OCCCCc3ccccc3F)c(C(F)(F)F)c2)s1. The van der Waals surface area contributed by atoms with Gasteiger partial charge in [-0.15, -0.1) is 10.2 Å². The maximum atomic E-state index is 13.7. The maximum absolute atomic E-state index is 13.7. The zero-order valence-corrected chi connectivity index (χ0v) is 20.5. The van der Waals surface area contributed by atoms with Gasteiger partial charge in [-0.25, -0.2) is 4.39 Å². The summed E-state index contributed by atoms with van der Waals surface area (Å²) in [6.45, 7) is 1.24. The van der Waals surface area contributed by atoms with Gasteiger partial charge in [0.15, 0.2) is 0 Å². The van der Waals surface area contributed by atoms with Gasteiger partial charge >= 0.3 is 14.4 Å².